The molecule has 170 valence electrons. The number of likely N-dealkylation sites (tertiary alicyclic amines) is 1. The molecule has 1 aliphatic heterocycles. The average molecular weight is 432 g/mol. The number of nitrogens with one attached hydrogen (secondary N) is 3. The van der Waals surface area contributed by atoms with Crippen molar-refractivity contribution in [3.05, 3.63) is 18.3 Å². The topological polar surface area (TPSA) is 124 Å². The molecule has 9 heteroatoms. The Morgan fingerprint density at radius 1 is 1.16 bits per heavy atom. The van der Waals surface area contributed by atoms with Gasteiger partial charge in [0.25, 0.3) is 0 Å². The fraction of sp³-hybridized carbons (Fsp3) is 0.636. The van der Waals surface area contributed by atoms with Gasteiger partial charge >= 0.3 is 0 Å². The van der Waals surface area contributed by atoms with Crippen LogP contribution in [0.3, 0.4) is 0 Å². The summed E-state index contributed by atoms with van der Waals surface area (Å²) in [5.41, 5.74) is 0. The summed E-state index contributed by atoms with van der Waals surface area (Å²) in [6.07, 6.45) is 7.70. The summed E-state index contributed by atoms with van der Waals surface area (Å²) < 4.78 is 0. The van der Waals surface area contributed by atoms with Crippen molar-refractivity contribution in [3.8, 4) is 5.75 Å². The molecule has 0 radical (unpaired) electrons. The number of hydrogen-bond acceptors (Lipinski definition) is 6. The number of anilines is 1. The molecule has 3 rings (SSSR count). The van der Waals surface area contributed by atoms with E-state index in [1.54, 1.807) is 24.9 Å². The number of aromatic hydroxyl groups is 1. The molecule has 1 aliphatic carbocycles. The number of nitrogens with zero attached hydrogens (tertiary/aromatic N) is 2. The molecule has 1 saturated heterocycles. The number of amides is 3. The average Bonchev–Trinajstić information content (AvgIpc) is 3.28. The third-order valence-corrected chi connectivity index (χ3v) is 6.38. The van der Waals surface area contributed by atoms with E-state index in [1.807, 2.05) is 0 Å². The fourth-order valence-electron chi connectivity index (χ4n) is 4.43. The summed E-state index contributed by atoms with van der Waals surface area (Å²) >= 11 is 0. The van der Waals surface area contributed by atoms with Crippen LogP contribution in [0, 0.1) is 5.92 Å². The largest absolute Gasteiger partial charge is 0.504 e. The zero-order valence-corrected chi connectivity index (χ0v) is 18.3. The molecule has 9 nitrogen and oxygen atoms in total. The van der Waals surface area contributed by atoms with Crippen LogP contribution in [0.5, 0.6) is 5.75 Å². The Morgan fingerprint density at radius 3 is 2.58 bits per heavy atom. The van der Waals surface area contributed by atoms with Gasteiger partial charge in [0.15, 0.2) is 11.6 Å². The SMILES string of the molecule is CNC(C)C(=O)NC(C(=O)N1CCCC1C(=O)Nc1ncccc1O)C1CCCCC1. The van der Waals surface area contributed by atoms with E-state index < -0.39 is 18.1 Å². The monoisotopic (exact) mass is 431 g/mol. The molecule has 3 unspecified atom stereocenters. The van der Waals surface area contributed by atoms with Gasteiger partial charge in [-0.15, -0.1) is 0 Å². The standard InChI is InChI=1S/C22H33N5O4/c1-14(23-2)20(29)25-18(15-8-4-3-5-9-15)22(31)27-13-7-10-16(27)21(30)26-19-17(28)11-6-12-24-19/h6,11-12,14-16,18,23,28H,3-5,7-10,13H2,1-2H3,(H,25,29)(H,24,26,30). The quantitative estimate of drug-likeness (QED) is 0.517. The van der Waals surface area contributed by atoms with Gasteiger partial charge in [0.1, 0.15) is 12.1 Å². The lowest BCUT2D eigenvalue weighted by molar-refractivity contribution is -0.142. The number of carbonyl (C=O) groups is 3. The number of rotatable bonds is 7. The fourth-order valence-corrected chi connectivity index (χ4v) is 4.43. The Kier molecular flexibility index (Phi) is 7.84. The van der Waals surface area contributed by atoms with Crippen LogP contribution in [0.25, 0.3) is 0 Å². The number of hydrogen-bond donors (Lipinski definition) is 4. The van der Waals surface area contributed by atoms with E-state index in [4.69, 9.17) is 0 Å². The third-order valence-electron chi connectivity index (χ3n) is 6.38. The normalized spacial score (nSPS) is 21.4. The molecule has 1 saturated carbocycles. The molecule has 0 spiro atoms. The highest BCUT2D eigenvalue weighted by atomic mass is 16.3. The molecule has 0 aromatic carbocycles. The Balaban J connectivity index is 1.75. The van der Waals surface area contributed by atoms with Crippen molar-refractivity contribution >= 4 is 23.5 Å². The minimum absolute atomic E-state index is 0.0680. The molecule has 2 aliphatic rings. The maximum absolute atomic E-state index is 13.6. The first kappa shape index (κ1) is 23.0. The van der Waals surface area contributed by atoms with Crippen molar-refractivity contribution in [2.75, 3.05) is 18.9 Å². The van der Waals surface area contributed by atoms with E-state index in [1.165, 1.54) is 12.3 Å². The van der Waals surface area contributed by atoms with Gasteiger partial charge in [0, 0.05) is 12.7 Å². The summed E-state index contributed by atoms with van der Waals surface area (Å²) in [7, 11) is 1.70. The number of likely N-dealkylation sites (N-methyl/N-ethyl adjacent to an activating group) is 1. The Morgan fingerprint density at radius 2 is 1.90 bits per heavy atom. The first-order valence-electron chi connectivity index (χ1n) is 11.1. The van der Waals surface area contributed by atoms with E-state index in [0.29, 0.717) is 19.4 Å². The van der Waals surface area contributed by atoms with Gasteiger partial charge in [-0.25, -0.2) is 4.98 Å². The summed E-state index contributed by atoms with van der Waals surface area (Å²) in [5.74, 6) is -0.779. The number of carbonyl (C=O) groups excluding carboxylic acids is 3. The third kappa shape index (κ3) is 5.52. The highest BCUT2D eigenvalue weighted by Gasteiger charge is 2.41. The smallest absolute Gasteiger partial charge is 0.248 e. The first-order valence-corrected chi connectivity index (χ1v) is 11.1. The van der Waals surface area contributed by atoms with Gasteiger partial charge in [-0.05, 0) is 57.7 Å². The van der Waals surface area contributed by atoms with Crippen LogP contribution in [-0.2, 0) is 14.4 Å². The van der Waals surface area contributed by atoms with Gasteiger partial charge in [-0.3, -0.25) is 14.4 Å². The molecule has 4 N–H and O–H groups in total. The Hall–Kier alpha value is -2.68. The van der Waals surface area contributed by atoms with Crippen molar-refractivity contribution in [2.24, 2.45) is 5.92 Å². The van der Waals surface area contributed by atoms with E-state index in [2.05, 4.69) is 20.9 Å². The summed E-state index contributed by atoms with van der Waals surface area (Å²) in [6.45, 7) is 2.22. The van der Waals surface area contributed by atoms with Crippen LogP contribution in [0.2, 0.25) is 0 Å². The summed E-state index contributed by atoms with van der Waals surface area (Å²) in [5, 5.41) is 18.4. The van der Waals surface area contributed by atoms with Crippen LogP contribution in [0.15, 0.2) is 18.3 Å². The molecule has 0 bridgehead atoms. The number of pyridine rings is 1. The molecular formula is C22H33N5O4. The van der Waals surface area contributed by atoms with Crippen molar-refractivity contribution in [2.45, 2.75) is 70.0 Å². The van der Waals surface area contributed by atoms with Gasteiger partial charge in [0.2, 0.25) is 17.7 Å². The molecule has 2 heterocycles. The van der Waals surface area contributed by atoms with Crippen molar-refractivity contribution in [1.82, 2.24) is 20.5 Å². The molecule has 2 fully saturated rings. The maximum atomic E-state index is 13.6. The molecule has 31 heavy (non-hydrogen) atoms. The predicted octanol–water partition coefficient (Wildman–Crippen LogP) is 1.39. The van der Waals surface area contributed by atoms with E-state index >= 15 is 0 Å². The van der Waals surface area contributed by atoms with Crippen molar-refractivity contribution in [1.29, 1.82) is 0 Å². The van der Waals surface area contributed by atoms with E-state index in [9.17, 15) is 19.5 Å². The van der Waals surface area contributed by atoms with Gasteiger partial charge in [-0.2, -0.15) is 0 Å². The lowest BCUT2D eigenvalue weighted by Gasteiger charge is -2.35. The summed E-state index contributed by atoms with van der Waals surface area (Å²) in [6, 6.07) is 1.31. The van der Waals surface area contributed by atoms with E-state index in [-0.39, 0.29) is 35.2 Å². The zero-order chi connectivity index (χ0) is 22.4. The van der Waals surface area contributed by atoms with Crippen LogP contribution in [0.1, 0.15) is 51.9 Å². The predicted molar refractivity (Wildman–Crippen MR) is 116 cm³/mol. The van der Waals surface area contributed by atoms with Crippen LogP contribution >= 0.6 is 0 Å². The second-order valence-electron chi connectivity index (χ2n) is 8.44. The summed E-state index contributed by atoms with van der Waals surface area (Å²) in [4.78, 5) is 44.6. The van der Waals surface area contributed by atoms with Crippen LogP contribution < -0.4 is 16.0 Å². The number of aromatic nitrogens is 1. The molecule has 3 amide bonds. The molecule has 1 aromatic heterocycles. The molecular weight excluding hydrogens is 398 g/mol. The zero-order valence-electron chi connectivity index (χ0n) is 18.3. The maximum Gasteiger partial charge on any atom is 0.248 e. The second-order valence-corrected chi connectivity index (χ2v) is 8.44. The van der Waals surface area contributed by atoms with Gasteiger partial charge < -0.3 is 26.0 Å². The highest BCUT2D eigenvalue weighted by Crippen LogP contribution is 2.30. The molecule has 1 aromatic rings. The minimum atomic E-state index is -0.654. The van der Waals surface area contributed by atoms with E-state index in [0.717, 1.165) is 32.1 Å². The van der Waals surface area contributed by atoms with Gasteiger partial charge in [-0.1, -0.05) is 19.3 Å². The second kappa shape index (κ2) is 10.6. The van der Waals surface area contributed by atoms with Crippen molar-refractivity contribution < 1.29 is 19.5 Å². The van der Waals surface area contributed by atoms with Crippen molar-refractivity contribution in [3.63, 3.8) is 0 Å². The highest BCUT2D eigenvalue weighted by molar-refractivity contribution is 5.99. The van der Waals surface area contributed by atoms with Crippen LogP contribution in [0.4, 0.5) is 5.82 Å². The lowest BCUT2D eigenvalue weighted by atomic mass is 9.83. The minimum Gasteiger partial charge on any atom is -0.504 e. The Labute approximate surface area is 183 Å². The first-order chi connectivity index (χ1) is 14.9. The van der Waals surface area contributed by atoms with Gasteiger partial charge in [0.05, 0.1) is 6.04 Å². The Bertz CT molecular complexity index is 796. The molecule has 3 atom stereocenters. The lowest BCUT2D eigenvalue weighted by Crippen LogP contribution is -2.57. The van der Waals surface area contributed by atoms with Crippen LogP contribution in [-0.4, -0.2) is 64.4 Å².